The number of unbranched alkanes of at least 4 members (excludes halogenated alkanes) is 26. The van der Waals surface area contributed by atoms with Crippen molar-refractivity contribution in [3.05, 3.63) is 48.6 Å². The van der Waals surface area contributed by atoms with Gasteiger partial charge in [0.1, 0.15) is 12.7 Å². The zero-order chi connectivity index (χ0) is 49.9. The summed E-state index contributed by atoms with van der Waals surface area (Å²) in [7, 11) is -4.75. The molecule has 3 unspecified atom stereocenters. The summed E-state index contributed by atoms with van der Waals surface area (Å²) in [5.74, 6) is -1.50. The average molecular weight is 981 g/mol. The maximum absolute atomic E-state index is 12.9. The highest BCUT2D eigenvalue weighted by Gasteiger charge is 2.28. The third-order valence-electron chi connectivity index (χ3n) is 11.7. The van der Waals surface area contributed by atoms with Crippen molar-refractivity contribution in [1.29, 1.82) is 0 Å². The van der Waals surface area contributed by atoms with Gasteiger partial charge in [-0.15, -0.1) is 0 Å². The van der Waals surface area contributed by atoms with E-state index in [1.165, 1.54) is 96.3 Å². The van der Waals surface area contributed by atoms with Crippen LogP contribution in [0.4, 0.5) is 0 Å². The number of phosphoric ester groups is 1. The Kier molecular flexibility index (Phi) is 48.9. The molecule has 0 aliphatic rings. The van der Waals surface area contributed by atoms with Crippen molar-refractivity contribution in [3.8, 4) is 0 Å². The van der Waals surface area contributed by atoms with Crippen LogP contribution in [0.2, 0.25) is 0 Å². The van der Waals surface area contributed by atoms with Gasteiger partial charge in [0.25, 0.3) is 0 Å². The van der Waals surface area contributed by atoms with Crippen molar-refractivity contribution in [3.63, 3.8) is 0 Å². The predicted octanol–water partition coefficient (Wildman–Crippen LogP) is 15.8. The van der Waals surface area contributed by atoms with E-state index in [1.807, 2.05) is 0 Å². The van der Waals surface area contributed by atoms with Crippen LogP contribution in [0.5, 0.6) is 0 Å². The average Bonchev–Trinajstić information content (AvgIpc) is 3.32. The van der Waals surface area contributed by atoms with E-state index in [4.69, 9.17) is 23.3 Å². The van der Waals surface area contributed by atoms with Gasteiger partial charge < -0.3 is 24.2 Å². The first kappa shape index (κ1) is 65.4. The van der Waals surface area contributed by atoms with E-state index in [0.29, 0.717) is 19.3 Å². The molecular weight excluding hydrogens is 880 g/mol. The fourth-order valence-electron chi connectivity index (χ4n) is 7.54. The second-order valence-corrected chi connectivity index (χ2v) is 19.8. The molecule has 11 nitrogen and oxygen atoms in total. The number of hydrogen-bond acceptors (Lipinski definition) is 10. The Morgan fingerprint density at radius 3 is 1.21 bits per heavy atom. The first-order valence-corrected chi connectivity index (χ1v) is 29.0. The summed E-state index contributed by atoms with van der Waals surface area (Å²) in [6, 6.07) is 0. The molecule has 0 heterocycles. The molecule has 0 aromatic rings. The summed E-state index contributed by atoms with van der Waals surface area (Å²) < 4.78 is 39.4. The molecule has 3 atom stereocenters. The first-order chi connectivity index (χ1) is 33.2. The zero-order valence-corrected chi connectivity index (χ0v) is 44.5. The van der Waals surface area contributed by atoms with Crippen LogP contribution in [-0.4, -0.2) is 66.5 Å². The van der Waals surface area contributed by atoms with Crippen LogP contribution in [0.15, 0.2) is 48.6 Å². The molecule has 0 saturated heterocycles. The fourth-order valence-corrected chi connectivity index (χ4v) is 8.33. The maximum Gasteiger partial charge on any atom is 0.472 e. The molecule has 0 aliphatic heterocycles. The summed E-state index contributed by atoms with van der Waals surface area (Å²) in [4.78, 5) is 48.4. The van der Waals surface area contributed by atoms with Crippen LogP contribution >= 0.6 is 7.82 Å². The van der Waals surface area contributed by atoms with Crippen LogP contribution in [0.25, 0.3) is 0 Å². The van der Waals surface area contributed by atoms with E-state index in [9.17, 15) is 28.9 Å². The first-order valence-electron chi connectivity index (χ1n) is 27.5. The minimum absolute atomic E-state index is 0.153. The number of phosphoric acid groups is 1. The molecule has 0 spiro atoms. The quantitative estimate of drug-likeness (QED) is 0.0197. The maximum atomic E-state index is 12.9. The van der Waals surface area contributed by atoms with Gasteiger partial charge in [0.15, 0.2) is 6.10 Å². The normalized spacial score (nSPS) is 13.8. The third-order valence-corrected chi connectivity index (χ3v) is 12.7. The molecule has 0 aromatic heterocycles. The van der Waals surface area contributed by atoms with Gasteiger partial charge in [-0.1, -0.05) is 204 Å². The van der Waals surface area contributed by atoms with Crippen LogP contribution < -0.4 is 0 Å². The van der Waals surface area contributed by atoms with E-state index in [2.05, 4.69) is 69.4 Å². The van der Waals surface area contributed by atoms with Gasteiger partial charge in [-0.3, -0.25) is 23.4 Å². The molecule has 0 radical (unpaired) electrons. The largest absolute Gasteiger partial charge is 0.472 e. The lowest BCUT2D eigenvalue weighted by Gasteiger charge is -2.21. The lowest BCUT2D eigenvalue weighted by Crippen LogP contribution is -2.30. The summed E-state index contributed by atoms with van der Waals surface area (Å²) in [6.45, 7) is 4.49. The summed E-state index contributed by atoms with van der Waals surface area (Å²) in [6.07, 6.45) is 52.2. The summed E-state index contributed by atoms with van der Waals surface area (Å²) in [5.41, 5.74) is 0. The van der Waals surface area contributed by atoms with E-state index in [1.54, 1.807) is 0 Å². The number of aliphatic hydroxyl groups is 1. The standard InChI is InChI=1S/C56H101O11P/c1-4-7-10-13-16-19-22-25-26-29-32-35-38-41-44-47-56(60)67-53(49-63-54(58)45-42-39-36-33-30-27-23-20-17-14-11-8-5-2)51-65-68(61,62)64-50-52(48-57)66-55(59)46-43-40-37-34-31-28-24-21-18-15-12-9-6-3/h8,11,17,20,25-27,30,52-53,57H,4-7,9-10,12-16,18-19,21-24,28-29,31-51H2,1-3H3,(H,61,62)/b11-8-,20-17-,26-25-,30-27-. The molecule has 68 heavy (non-hydrogen) atoms. The van der Waals surface area contributed by atoms with Crippen molar-refractivity contribution >= 4 is 25.7 Å². The lowest BCUT2D eigenvalue weighted by atomic mass is 10.0. The lowest BCUT2D eigenvalue weighted by molar-refractivity contribution is -0.161. The number of carbonyl (C=O) groups excluding carboxylic acids is 3. The SMILES string of the molecule is CC/C=C\C/C=C\C/C=C\CCCCCC(=O)OCC(COP(=O)(O)OCC(CO)OC(=O)CCCCCCCCCCCCCCC)OC(=O)CCCCCCC/C=C\CCCCCCCC. The predicted molar refractivity (Wildman–Crippen MR) is 279 cm³/mol. The monoisotopic (exact) mass is 981 g/mol. The Hall–Kier alpha value is -2.56. The molecule has 0 aliphatic carbocycles. The van der Waals surface area contributed by atoms with Gasteiger partial charge in [0, 0.05) is 19.3 Å². The van der Waals surface area contributed by atoms with E-state index >= 15 is 0 Å². The number of hydrogen-bond donors (Lipinski definition) is 2. The van der Waals surface area contributed by atoms with Crippen LogP contribution in [0, 0.1) is 0 Å². The molecule has 2 N–H and O–H groups in total. The molecule has 0 saturated carbocycles. The van der Waals surface area contributed by atoms with E-state index < -0.39 is 57.8 Å². The number of ether oxygens (including phenoxy) is 3. The molecule has 0 bridgehead atoms. The molecule has 0 rings (SSSR count). The van der Waals surface area contributed by atoms with E-state index in [0.717, 1.165) is 96.3 Å². The van der Waals surface area contributed by atoms with Gasteiger partial charge in [0.2, 0.25) is 0 Å². The van der Waals surface area contributed by atoms with Gasteiger partial charge >= 0.3 is 25.7 Å². The summed E-state index contributed by atoms with van der Waals surface area (Å²) >= 11 is 0. The van der Waals surface area contributed by atoms with Crippen molar-refractivity contribution in [2.24, 2.45) is 0 Å². The third kappa shape index (κ3) is 48.5. The minimum Gasteiger partial charge on any atom is -0.462 e. The minimum atomic E-state index is -4.75. The highest BCUT2D eigenvalue weighted by molar-refractivity contribution is 7.47. The zero-order valence-electron chi connectivity index (χ0n) is 43.6. The van der Waals surface area contributed by atoms with Crippen LogP contribution in [0.3, 0.4) is 0 Å². The second kappa shape index (κ2) is 50.8. The van der Waals surface area contributed by atoms with Gasteiger partial charge in [0.05, 0.1) is 19.8 Å². The van der Waals surface area contributed by atoms with Crippen LogP contribution in [0.1, 0.15) is 252 Å². The van der Waals surface area contributed by atoms with Crippen LogP contribution in [-0.2, 0) is 42.2 Å². The van der Waals surface area contributed by atoms with Gasteiger partial charge in [-0.05, 0) is 77.0 Å². The Morgan fingerprint density at radius 2 is 0.765 bits per heavy atom. The topological polar surface area (TPSA) is 155 Å². The molecule has 0 fully saturated rings. The van der Waals surface area contributed by atoms with Crippen molar-refractivity contribution in [1.82, 2.24) is 0 Å². The Bertz CT molecular complexity index is 1330. The summed E-state index contributed by atoms with van der Waals surface area (Å²) in [5, 5.41) is 9.79. The molecule has 0 amide bonds. The number of rotatable bonds is 51. The van der Waals surface area contributed by atoms with Gasteiger partial charge in [-0.25, -0.2) is 4.57 Å². The number of esters is 3. The Morgan fingerprint density at radius 1 is 0.426 bits per heavy atom. The fraction of sp³-hybridized carbons (Fsp3) is 0.804. The van der Waals surface area contributed by atoms with Crippen molar-refractivity contribution in [2.45, 2.75) is 264 Å². The Labute approximate surface area is 415 Å². The van der Waals surface area contributed by atoms with Gasteiger partial charge in [-0.2, -0.15) is 0 Å². The number of carbonyl (C=O) groups is 3. The Balaban J connectivity index is 4.75. The number of allylic oxidation sites excluding steroid dienone is 8. The van der Waals surface area contributed by atoms with Crippen molar-refractivity contribution in [2.75, 3.05) is 26.4 Å². The van der Waals surface area contributed by atoms with Crippen molar-refractivity contribution < 1.29 is 52.2 Å². The molecule has 0 aromatic carbocycles. The molecule has 396 valence electrons. The molecular formula is C56H101O11P. The molecule has 12 heteroatoms. The second-order valence-electron chi connectivity index (χ2n) is 18.4. The number of aliphatic hydroxyl groups excluding tert-OH is 1. The van der Waals surface area contributed by atoms with E-state index in [-0.39, 0.29) is 25.9 Å². The highest BCUT2D eigenvalue weighted by atomic mass is 31.2. The highest BCUT2D eigenvalue weighted by Crippen LogP contribution is 2.43. The smallest absolute Gasteiger partial charge is 0.462 e.